The van der Waals surface area contributed by atoms with Gasteiger partial charge in [-0.05, 0) is 175 Å². The fraction of sp³-hybridized carbons (Fsp3) is 0.269. The van der Waals surface area contributed by atoms with Gasteiger partial charge in [0.2, 0.25) is 0 Å². The highest BCUT2D eigenvalue weighted by atomic mass is 16.6. The summed E-state index contributed by atoms with van der Waals surface area (Å²) in [5, 5.41) is 46.7. The number of amides is 4. The molecule has 0 unspecified atom stereocenters. The maximum absolute atomic E-state index is 12.9. The maximum Gasteiger partial charge on any atom is 0.337 e. The van der Waals surface area contributed by atoms with Gasteiger partial charge in [-0.15, -0.1) is 0 Å². The van der Waals surface area contributed by atoms with Gasteiger partial charge in [0, 0.05) is 125 Å². The van der Waals surface area contributed by atoms with Gasteiger partial charge in [-0.3, -0.25) is 19.2 Å². The fourth-order valence-electron chi connectivity index (χ4n) is 13.4. The van der Waals surface area contributed by atoms with Crippen LogP contribution in [0.25, 0.3) is 0 Å². The van der Waals surface area contributed by atoms with E-state index < -0.39 is 47.5 Å². The summed E-state index contributed by atoms with van der Waals surface area (Å²) in [6, 6.07) is 71.1. The van der Waals surface area contributed by atoms with Gasteiger partial charge in [-0.2, -0.15) is 0 Å². The lowest BCUT2D eigenvalue weighted by Gasteiger charge is -2.19. The molecule has 137 heavy (non-hydrogen) atoms. The Kier molecular flexibility index (Phi) is 42.9. The van der Waals surface area contributed by atoms with E-state index in [0.29, 0.717) is 120 Å². The van der Waals surface area contributed by atoms with Crippen molar-refractivity contribution in [2.24, 2.45) is 0 Å². The predicted octanol–water partition coefficient (Wildman–Crippen LogP) is 17.0. The third-order valence-corrected chi connectivity index (χ3v) is 19.3. The highest BCUT2D eigenvalue weighted by molar-refractivity contribution is 6.07. The molecule has 10 N–H and O–H groups in total. The zero-order valence-electron chi connectivity index (χ0n) is 77.9. The van der Waals surface area contributed by atoms with Gasteiger partial charge < -0.3 is 104 Å². The molecular formula is C104H114N8O25. The van der Waals surface area contributed by atoms with Crippen LogP contribution in [-0.2, 0) is 44.6 Å². The number of methoxy groups -OCH3 is 4. The van der Waals surface area contributed by atoms with Crippen molar-refractivity contribution in [2.45, 2.75) is 130 Å². The lowest BCUT2D eigenvalue weighted by atomic mass is 10.1. The number of aromatic carboxylic acids is 4. The number of ether oxygens (including phenoxy) is 12. The number of hydrogen-bond donors (Lipinski definition) is 8. The summed E-state index contributed by atoms with van der Waals surface area (Å²) in [6.07, 6.45) is 6.04. The quantitative estimate of drug-likeness (QED) is 0.0176. The van der Waals surface area contributed by atoms with Gasteiger partial charge in [-0.1, -0.05) is 121 Å². The molecule has 8 atom stereocenters. The van der Waals surface area contributed by atoms with E-state index in [2.05, 4.69) is 41.2 Å². The first kappa shape index (κ1) is 107. The van der Waals surface area contributed by atoms with Gasteiger partial charge in [-0.25, -0.2) is 39.1 Å². The SMILES string of the molecule is COC[C@H](C)Oc1cc(O[C@@H](C)Cc2ccccc2)cc(C(=O)Nc2ccc(C(=O)O)cn2)c1.COC[C@H](C)Oc1cc(O[C@@H](C)Cc2ccccc2)cc(C(=O)Nc2ccc(C(=O)O)cn2)c1.COC[C@H](C)Oc1cc(O[C@@H](C)Cc2ccccc2)cc(C(=O)Nc2ccc(C(=O)O)cn2)c1.COC[C@H](C)Oc1cc(O[C@@H](C)Cc2ccccc2)cc(C(=O)Nc2ccc(C(=O)O)cn2)c1.O. The molecule has 12 rings (SSSR count). The molecule has 0 aliphatic heterocycles. The number of nitrogens with zero attached hydrogens (tertiary/aromatic N) is 4. The molecule has 0 bridgehead atoms. The molecule has 33 nitrogen and oxygen atoms in total. The number of carboxylic acid groups (broad SMARTS) is 4. The van der Waals surface area contributed by atoms with E-state index in [1.54, 1.807) is 101 Å². The summed E-state index contributed by atoms with van der Waals surface area (Å²) < 4.78 is 68.6. The zero-order valence-corrected chi connectivity index (χ0v) is 77.9. The topological polar surface area (TPSA) is 459 Å². The highest BCUT2D eigenvalue weighted by Gasteiger charge is 2.23. The first-order chi connectivity index (χ1) is 65.3. The van der Waals surface area contributed by atoms with Crippen LogP contribution in [0.2, 0.25) is 0 Å². The summed E-state index contributed by atoms with van der Waals surface area (Å²) in [4.78, 5) is 112. The lowest BCUT2D eigenvalue weighted by molar-refractivity contribution is 0.0685. The van der Waals surface area contributed by atoms with Gasteiger partial charge >= 0.3 is 23.9 Å². The van der Waals surface area contributed by atoms with Crippen LogP contribution in [0.4, 0.5) is 23.3 Å². The predicted molar refractivity (Wildman–Crippen MR) is 515 cm³/mol. The van der Waals surface area contributed by atoms with Crippen LogP contribution in [0.15, 0.2) is 267 Å². The summed E-state index contributed by atoms with van der Waals surface area (Å²) in [5.41, 5.74) is 5.95. The molecule has 4 heterocycles. The molecule has 0 radical (unpaired) electrons. The van der Waals surface area contributed by atoms with Crippen molar-refractivity contribution in [2.75, 3.05) is 76.1 Å². The van der Waals surface area contributed by atoms with Crippen LogP contribution >= 0.6 is 0 Å². The van der Waals surface area contributed by atoms with Gasteiger partial charge in [0.15, 0.2) is 0 Å². The summed E-state index contributed by atoms with van der Waals surface area (Å²) >= 11 is 0. The number of rotatable bonds is 44. The van der Waals surface area contributed by atoms with Crippen molar-refractivity contribution in [1.82, 2.24) is 19.9 Å². The van der Waals surface area contributed by atoms with Crippen LogP contribution in [0.3, 0.4) is 0 Å². The van der Waals surface area contributed by atoms with Gasteiger partial charge in [0.1, 0.15) is 93.7 Å². The van der Waals surface area contributed by atoms with Crippen molar-refractivity contribution in [3.63, 3.8) is 0 Å². The number of nitrogens with one attached hydrogen (secondary N) is 4. The van der Waals surface area contributed by atoms with Crippen molar-refractivity contribution in [3.05, 3.63) is 334 Å². The Morgan fingerprint density at radius 3 is 0.555 bits per heavy atom. The molecule has 0 saturated carbocycles. The Morgan fingerprint density at radius 1 is 0.241 bits per heavy atom. The molecule has 8 aromatic carbocycles. The normalized spacial score (nSPS) is 12.4. The second-order valence-electron chi connectivity index (χ2n) is 31.5. The number of anilines is 4. The molecule has 0 saturated heterocycles. The van der Waals surface area contributed by atoms with E-state index >= 15 is 0 Å². The Labute approximate surface area is 794 Å². The van der Waals surface area contributed by atoms with E-state index in [4.69, 9.17) is 77.3 Å². The minimum atomic E-state index is -1.09. The second-order valence-corrected chi connectivity index (χ2v) is 31.5. The number of carboxylic acids is 4. The first-order valence-electron chi connectivity index (χ1n) is 43.4. The van der Waals surface area contributed by atoms with Crippen molar-refractivity contribution < 1.29 is 121 Å². The number of carbonyl (C=O) groups is 8. The van der Waals surface area contributed by atoms with Crippen LogP contribution in [0.5, 0.6) is 46.0 Å². The summed E-state index contributed by atoms with van der Waals surface area (Å²) in [7, 11) is 6.36. The Balaban J connectivity index is 0.000000224. The molecular weight excluding hydrogens is 1760 g/mol. The highest BCUT2D eigenvalue weighted by Crippen LogP contribution is 2.32. The number of hydrogen-bond acceptors (Lipinski definition) is 24. The molecule has 4 aromatic heterocycles. The standard InChI is InChI=1S/4C26H28N2O6.H2O/c4*1-17(11-19-7-5-4-6-8-19)33-22-12-21(13-23(14-22)34-18(2)16-32-3)25(29)28-24-10-9-20(15-27-24)26(30)31;/h4*4-10,12-15,17-18H,11,16H2,1-3H3,(H,30,31)(H,27,28,29);1H2/t4*17-,18-;/m0000./s1. The van der Waals surface area contributed by atoms with Crippen molar-refractivity contribution >= 4 is 70.8 Å². The van der Waals surface area contributed by atoms with Crippen LogP contribution in [0, 0.1) is 0 Å². The van der Waals surface area contributed by atoms with Crippen molar-refractivity contribution in [3.8, 4) is 46.0 Å². The number of aromatic nitrogens is 4. The average Bonchev–Trinajstić information content (AvgIpc) is 0.840. The van der Waals surface area contributed by atoms with Gasteiger partial charge in [0.05, 0.1) is 73.1 Å². The van der Waals surface area contributed by atoms with Gasteiger partial charge in [0.25, 0.3) is 23.6 Å². The number of benzene rings is 8. The smallest absolute Gasteiger partial charge is 0.337 e. The summed E-state index contributed by atoms with van der Waals surface area (Å²) in [6.45, 7) is 16.8. The molecule has 4 amide bonds. The largest absolute Gasteiger partial charge is 0.490 e. The minimum Gasteiger partial charge on any atom is -0.490 e. The summed E-state index contributed by atoms with van der Waals surface area (Å²) in [5.74, 6) is -1.33. The number of pyridine rings is 4. The number of carbonyl (C=O) groups excluding carboxylic acids is 4. The molecule has 0 spiro atoms. The average molecular weight is 1880 g/mol. The van der Waals surface area contributed by atoms with Crippen LogP contribution in [-0.4, -0.2) is 197 Å². The molecule has 0 aliphatic carbocycles. The van der Waals surface area contributed by atoms with E-state index in [1.165, 1.54) is 73.3 Å². The van der Waals surface area contributed by atoms with Crippen LogP contribution in [0.1, 0.15) is 161 Å². The fourth-order valence-corrected chi connectivity index (χ4v) is 13.4. The Hall–Kier alpha value is -15.7. The molecule has 720 valence electrons. The zero-order chi connectivity index (χ0) is 98.0. The van der Waals surface area contributed by atoms with E-state index in [9.17, 15) is 38.4 Å². The Bertz CT molecular complexity index is 5120. The second kappa shape index (κ2) is 55.1. The molecule has 0 fully saturated rings. The Morgan fingerprint density at radius 2 is 0.409 bits per heavy atom. The van der Waals surface area contributed by atoms with E-state index in [0.717, 1.165) is 22.3 Å². The monoisotopic (exact) mass is 1870 g/mol. The van der Waals surface area contributed by atoms with E-state index in [1.807, 2.05) is 177 Å². The van der Waals surface area contributed by atoms with Crippen LogP contribution < -0.4 is 59.2 Å². The molecule has 33 heteroatoms. The van der Waals surface area contributed by atoms with Crippen molar-refractivity contribution in [1.29, 1.82) is 0 Å². The minimum absolute atomic E-state index is 0. The lowest BCUT2D eigenvalue weighted by Crippen LogP contribution is -2.20. The first-order valence-corrected chi connectivity index (χ1v) is 43.4. The van der Waals surface area contributed by atoms with E-state index in [-0.39, 0.29) is 99.8 Å². The maximum atomic E-state index is 12.9. The molecule has 0 aliphatic rings. The third kappa shape index (κ3) is 37.4. The molecule has 12 aromatic rings. The third-order valence-electron chi connectivity index (χ3n) is 19.3.